The molecule has 2 atom stereocenters. The number of methoxy groups -OCH3 is 1. The van der Waals surface area contributed by atoms with Gasteiger partial charge in [-0.2, -0.15) is 13.2 Å². The molecule has 1 fully saturated rings. The number of hydrogen-bond donors (Lipinski definition) is 2. The van der Waals surface area contributed by atoms with E-state index in [-0.39, 0.29) is 29.0 Å². The number of fused-ring (bicyclic) bond motifs is 1. The number of aromatic amines is 1. The van der Waals surface area contributed by atoms with Crippen LogP contribution in [-0.2, 0) is 16.6 Å². The summed E-state index contributed by atoms with van der Waals surface area (Å²) in [4.78, 5) is 16.8. The third-order valence-corrected chi connectivity index (χ3v) is 7.38. The quantitative estimate of drug-likeness (QED) is 0.365. The Morgan fingerprint density at radius 2 is 1.89 bits per heavy atom. The number of likely N-dealkylation sites (tertiary alicyclic amines) is 1. The van der Waals surface area contributed by atoms with Gasteiger partial charge >= 0.3 is 6.18 Å². The van der Waals surface area contributed by atoms with Crippen LogP contribution in [0.1, 0.15) is 62.9 Å². The molecule has 200 valence electrons. The van der Waals surface area contributed by atoms with Gasteiger partial charge in [0.1, 0.15) is 11.6 Å². The molecule has 2 aromatic carbocycles. The number of carbonyl (C=O) groups is 1. The second-order valence-electron chi connectivity index (χ2n) is 10.6. The zero-order valence-electron chi connectivity index (χ0n) is 21.4. The summed E-state index contributed by atoms with van der Waals surface area (Å²) in [6, 6.07) is 10.8. The fourth-order valence-electron chi connectivity index (χ4n) is 5.62. The highest BCUT2D eigenvalue weighted by Crippen LogP contribution is 2.45. The largest absolute Gasteiger partial charge is 0.496 e. The first kappa shape index (κ1) is 27.0. The average molecular weight is 521 g/mol. The number of hydrogen-bond acceptors (Lipinski definition) is 3. The maximum Gasteiger partial charge on any atom is 0.417 e. The third kappa shape index (κ3) is 5.32. The molecule has 9 heteroatoms. The molecule has 1 amide bonds. The molecule has 2 unspecified atom stereocenters. The molecule has 1 aromatic heterocycles. The van der Waals surface area contributed by atoms with Crippen LogP contribution < -0.4 is 4.74 Å². The molecular formula is C28H32F4N2O3. The topological polar surface area (TPSA) is 65.6 Å². The Hall–Kier alpha value is -3.07. The van der Waals surface area contributed by atoms with Crippen LogP contribution in [0.4, 0.5) is 17.6 Å². The van der Waals surface area contributed by atoms with E-state index in [2.05, 4.69) is 4.98 Å². The van der Waals surface area contributed by atoms with Gasteiger partial charge in [0.25, 0.3) is 0 Å². The first-order valence-corrected chi connectivity index (χ1v) is 12.3. The monoisotopic (exact) mass is 520 g/mol. The smallest absolute Gasteiger partial charge is 0.417 e. The zero-order valence-corrected chi connectivity index (χ0v) is 21.4. The maximum atomic E-state index is 14.3. The van der Waals surface area contributed by atoms with Crippen molar-refractivity contribution in [1.82, 2.24) is 9.88 Å². The van der Waals surface area contributed by atoms with E-state index in [0.29, 0.717) is 17.4 Å². The summed E-state index contributed by atoms with van der Waals surface area (Å²) in [5, 5.41) is 11.8. The number of nitrogens with zero attached hydrogens (tertiary/aromatic N) is 1. The Balaban J connectivity index is 1.65. The lowest BCUT2D eigenvalue weighted by Gasteiger charge is -2.38. The van der Waals surface area contributed by atoms with Crippen molar-refractivity contribution in [3.8, 4) is 5.75 Å². The van der Waals surface area contributed by atoms with Gasteiger partial charge in [0.2, 0.25) is 5.91 Å². The lowest BCUT2D eigenvalue weighted by atomic mass is 9.73. The average Bonchev–Trinajstić information content (AvgIpc) is 3.44. The van der Waals surface area contributed by atoms with Crippen LogP contribution in [0.2, 0.25) is 0 Å². The van der Waals surface area contributed by atoms with E-state index in [1.54, 1.807) is 17.0 Å². The van der Waals surface area contributed by atoms with E-state index in [4.69, 9.17) is 4.74 Å². The Labute approximate surface area is 213 Å². The Morgan fingerprint density at radius 1 is 1.16 bits per heavy atom. The van der Waals surface area contributed by atoms with Gasteiger partial charge in [-0.05, 0) is 72.0 Å². The van der Waals surface area contributed by atoms with Gasteiger partial charge in [0.05, 0.1) is 13.2 Å². The Bertz CT molecular complexity index is 1300. The van der Waals surface area contributed by atoms with E-state index in [1.165, 1.54) is 40.0 Å². The van der Waals surface area contributed by atoms with Gasteiger partial charge in [-0.25, -0.2) is 4.39 Å². The van der Waals surface area contributed by atoms with Crippen LogP contribution in [0, 0.1) is 5.82 Å². The molecule has 0 spiro atoms. The van der Waals surface area contributed by atoms with Gasteiger partial charge in [-0.3, -0.25) is 4.79 Å². The number of benzene rings is 2. The molecule has 0 bridgehead atoms. The van der Waals surface area contributed by atoms with E-state index >= 15 is 0 Å². The van der Waals surface area contributed by atoms with E-state index in [0.717, 1.165) is 24.5 Å². The van der Waals surface area contributed by atoms with Crippen molar-refractivity contribution in [3.05, 3.63) is 65.1 Å². The fourth-order valence-corrected chi connectivity index (χ4v) is 5.62. The van der Waals surface area contributed by atoms with Crippen LogP contribution >= 0.6 is 0 Å². The van der Waals surface area contributed by atoms with Gasteiger partial charge in [0.15, 0.2) is 5.60 Å². The van der Waals surface area contributed by atoms with Crippen LogP contribution in [0.3, 0.4) is 0 Å². The Kier molecular flexibility index (Phi) is 7.05. The van der Waals surface area contributed by atoms with Gasteiger partial charge in [-0.15, -0.1) is 0 Å². The molecule has 2 N–H and O–H groups in total. The first-order valence-electron chi connectivity index (χ1n) is 12.3. The van der Waals surface area contributed by atoms with E-state index < -0.39 is 35.9 Å². The molecular weight excluding hydrogens is 488 g/mol. The summed E-state index contributed by atoms with van der Waals surface area (Å²) >= 11 is 0. The highest BCUT2D eigenvalue weighted by Gasteiger charge is 2.56. The van der Waals surface area contributed by atoms with Crippen molar-refractivity contribution in [2.24, 2.45) is 0 Å². The van der Waals surface area contributed by atoms with Crippen molar-refractivity contribution in [3.63, 3.8) is 0 Å². The number of H-pyrrole nitrogens is 1. The molecule has 37 heavy (non-hydrogen) atoms. The molecule has 1 saturated heterocycles. The number of ether oxygens (including phenoxy) is 1. The number of nitrogens with one attached hydrogen (secondary N) is 1. The number of rotatable bonds is 7. The molecule has 0 radical (unpaired) electrons. The highest BCUT2D eigenvalue weighted by atomic mass is 19.4. The Morgan fingerprint density at radius 3 is 2.54 bits per heavy atom. The second kappa shape index (κ2) is 9.67. The summed E-state index contributed by atoms with van der Waals surface area (Å²) < 4.78 is 62.3. The summed E-state index contributed by atoms with van der Waals surface area (Å²) in [6.45, 7) is 5.27. The molecule has 3 aromatic rings. The van der Waals surface area contributed by atoms with Crippen LogP contribution in [0.15, 0.2) is 42.5 Å². The zero-order chi connectivity index (χ0) is 27.2. The molecule has 1 aliphatic rings. The number of amides is 1. The SMILES string of the molecule is COc1ccc(F)cc1C(C)(C)CC(O)(Cc1cc2cc(C3CCCN3C(C)=O)ccc2[nH]1)C(F)(F)F. The number of halogens is 4. The summed E-state index contributed by atoms with van der Waals surface area (Å²) in [6.07, 6.45) is -4.64. The molecule has 1 aliphatic heterocycles. The van der Waals surface area contributed by atoms with Crippen LogP contribution in [0.25, 0.3) is 10.9 Å². The molecule has 0 saturated carbocycles. The predicted molar refractivity (Wildman–Crippen MR) is 133 cm³/mol. The molecule has 2 heterocycles. The minimum atomic E-state index is -4.95. The van der Waals surface area contributed by atoms with Gasteiger partial charge in [-0.1, -0.05) is 19.9 Å². The van der Waals surface area contributed by atoms with Crippen molar-refractivity contribution >= 4 is 16.8 Å². The number of aromatic nitrogens is 1. The number of alkyl halides is 3. The summed E-state index contributed by atoms with van der Waals surface area (Å²) in [5.74, 6) is -0.359. The maximum absolute atomic E-state index is 14.3. The van der Waals surface area contributed by atoms with E-state index in [1.807, 2.05) is 12.1 Å². The van der Waals surface area contributed by atoms with E-state index in [9.17, 15) is 27.5 Å². The highest BCUT2D eigenvalue weighted by molar-refractivity contribution is 5.82. The van der Waals surface area contributed by atoms with Crippen molar-refractivity contribution in [2.75, 3.05) is 13.7 Å². The van der Waals surface area contributed by atoms with Crippen molar-refractivity contribution in [1.29, 1.82) is 0 Å². The standard InChI is InChI=1S/C28H32F4N2O3/c1-17(35)34-11-5-6-24(34)18-7-9-23-19(12-18)13-21(33-23)15-27(36,28(30,31)32)16-26(2,3)22-14-20(29)8-10-25(22)37-4/h7-10,12-14,24,33,36H,5-6,11,15-16H2,1-4H3. The lowest BCUT2D eigenvalue weighted by Crippen LogP contribution is -2.51. The molecule has 4 rings (SSSR count). The van der Waals surface area contributed by atoms with Gasteiger partial charge < -0.3 is 19.7 Å². The van der Waals surface area contributed by atoms with Crippen molar-refractivity contribution < 1.29 is 32.2 Å². The lowest BCUT2D eigenvalue weighted by molar-refractivity contribution is -0.266. The summed E-state index contributed by atoms with van der Waals surface area (Å²) in [5.41, 5.74) is -2.32. The fraction of sp³-hybridized carbons (Fsp3) is 0.464. The minimum Gasteiger partial charge on any atom is -0.496 e. The number of aliphatic hydroxyl groups is 1. The second-order valence-corrected chi connectivity index (χ2v) is 10.6. The van der Waals surface area contributed by atoms with Crippen molar-refractivity contribution in [2.45, 2.75) is 69.7 Å². The predicted octanol–water partition coefficient (Wildman–Crippen LogP) is 6.20. The third-order valence-electron chi connectivity index (χ3n) is 7.38. The summed E-state index contributed by atoms with van der Waals surface area (Å²) in [7, 11) is 1.36. The first-order chi connectivity index (χ1) is 17.2. The minimum absolute atomic E-state index is 0.00913. The van der Waals surface area contributed by atoms with Crippen LogP contribution in [-0.4, -0.2) is 46.3 Å². The normalized spacial score (nSPS) is 18.3. The molecule has 5 nitrogen and oxygen atoms in total. The van der Waals surface area contributed by atoms with Crippen LogP contribution in [0.5, 0.6) is 5.75 Å². The molecule has 0 aliphatic carbocycles. The number of carbonyl (C=O) groups excluding carboxylic acids is 1. The van der Waals surface area contributed by atoms with Gasteiger partial charge in [0, 0.05) is 36.7 Å².